The van der Waals surface area contributed by atoms with Gasteiger partial charge in [0.25, 0.3) is 0 Å². The van der Waals surface area contributed by atoms with Crippen LogP contribution in [0.3, 0.4) is 0 Å². The van der Waals surface area contributed by atoms with Crippen LogP contribution in [0.1, 0.15) is 18.4 Å². The number of aryl methyl sites for hydroxylation is 1. The number of aliphatic carboxylic acids is 1. The molecule has 0 atom stereocenters. The van der Waals surface area contributed by atoms with Gasteiger partial charge in [-0.1, -0.05) is 29.3 Å². The van der Waals surface area contributed by atoms with E-state index in [-0.39, 0.29) is 12.8 Å². The number of ether oxygens (including phenoxy) is 1. The highest BCUT2D eigenvalue weighted by Gasteiger charge is 2.07. The standard InChI is InChI=1S/C17H16ClNO4/c1-11-2-5-13(6-3-11)23-15-7-4-12(10-14(15)18)19-16(20)8-9-17(21)22/h2-7,10H,8-9H2,1H3,(H,19,20)(H,21,22)/p-1. The van der Waals surface area contributed by atoms with Crippen LogP contribution < -0.4 is 15.2 Å². The van der Waals surface area contributed by atoms with Crippen LogP contribution in [0.4, 0.5) is 5.69 Å². The summed E-state index contributed by atoms with van der Waals surface area (Å²) in [6.45, 7) is 1.98. The van der Waals surface area contributed by atoms with E-state index in [1.165, 1.54) is 0 Å². The summed E-state index contributed by atoms with van der Waals surface area (Å²) in [5, 5.41) is 13.2. The first-order chi connectivity index (χ1) is 10.9. The van der Waals surface area contributed by atoms with Crippen molar-refractivity contribution in [2.24, 2.45) is 0 Å². The van der Waals surface area contributed by atoms with Crippen molar-refractivity contribution in [3.8, 4) is 11.5 Å². The van der Waals surface area contributed by atoms with Gasteiger partial charge in [0.1, 0.15) is 11.5 Å². The van der Waals surface area contributed by atoms with E-state index in [1.807, 2.05) is 31.2 Å². The number of rotatable bonds is 6. The summed E-state index contributed by atoms with van der Waals surface area (Å²) in [4.78, 5) is 21.9. The smallest absolute Gasteiger partial charge is 0.224 e. The second kappa shape index (κ2) is 7.65. The summed E-state index contributed by atoms with van der Waals surface area (Å²) in [6.07, 6.45) is -0.476. The Morgan fingerprint density at radius 2 is 1.83 bits per heavy atom. The molecule has 23 heavy (non-hydrogen) atoms. The molecule has 0 saturated carbocycles. The maximum atomic E-state index is 11.6. The molecule has 2 rings (SSSR count). The van der Waals surface area contributed by atoms with Crippen molar-refractivity contribution in [2.45, 2.75) is 19.8 Å². The zero-order valence-electron chi connectivity index (χ0n) is 12.5. The average Bonchev–Trinajstić information content (AvgIpc) is 2.50. The fraction of sp³-hybridized carbons (Fsp3) is 0.176. The highest BCUT2D eigenvalue weighted by Crippen LogP contribution is 2.31. The van der Waals surface area contributed by atoms with Crippen molar-refractivity contribution in [1.29, 1.82) is 0 Å². The van der Waals surface area contributed by atoms with E-state index in [0.29, 0.717) is 22.2 Å². The van der Waals surface area contributed by atoms with Crippen molar-refractivity contribution in [3.05, 3.63) is 53.1 Å². The Kier molecular flexibility index (Phi) is 5.60. The van der Waals surface area contributed by atoms with E-state index < -0.39 is 11.9 Å². The lowest BCUT2D eigenvalue weighted by atomic mass is 10.2. The van der Waals surface area contributed by atoms with Crippen molar-refractivity contribution in [3.63, 3.8) is 0 Å². The number of anilines is 1. The predicted octanol–water partition coefficient (Wildman–Crippen LogP) is 2.91. The number of amides is 1. The van der Waals surface area contributed by atoms with Gasteiger partial charge in [0, 0.05) is 18.1 Å². The SMILES string of the molecule is Cc1ccc(Oc2ccc(NC(=O)CCC(=O)[O-])cc2Cl)cc1. The molecular formula is C17H15ClNO4-. The molecule has 2 aromatic carbocycles. The molecule has 1 amide bonds. The molecular weight excluding hydrogens is 318 g/mol. The number of carbonyl (C=O) groups excluding carboxylic acids is 2. The van der Waals surface area contributed by atoms with Gasteiger partial charge in [0.15, 0.2) is 0 Å². The van der Waals surface area contributed by atoms with Crippen LogP contribution in [0.25, 0.3) is 0 Å². The third-order valence-corrected chi connectivity index (χ3v) is 3.32. The lowest BCUT2D eigenvalue weighted by molar-refractivity contribution is -0.305. The fourth-order valence-corrected chi connectivity index (χ4v) is 2.05. The molecule has 0 spiro atoms. The largest absolute Gasteiger partial charge is 0.550 e. The average molecular weight is 333 g/mol. The Morgan fingerprint density at radius 3 is 2.43 bits per heavy atom. The monoisotopic (exact) mass is 332 g/mol. The molecule has 2 aromatic rings. The predicted molar refractivity (Wildman–Crippen MR) is 85.6 cm³/mol. The van der Waals surface area contributed by atoms with Crippen LogP contribution in [0.15, 0.2) is 42.5 Å². The third-order valence-electron chi connectivity index (χ3n) is 3.02. The minimum atomic E-state index is -1.26. The van der Waals surface area contributed by atoms with Gasteiger partial charge in [-0.2, -0.15) is 0 Å². The first-order valence-corrected chi connectivity index (χ1v) is 7.35. The molecule has 0 bridgehead atoms. The van der Waals surface area contributed by atoms with Gasteiger partial charge in [-0.05, 0) is 43.7 Å². The number of carboxylic acid groups (broad SMARTS) is 1. The molecule has 1 N–H and O–H groups in total. The minimum Gasteiger partial charge on any atom is -0.550 e. The molecule has 5 nitrogen and oxygen atoms in total. The van der Waals surface area contributed by atoms with Gasteiger partial charge in [0.2, 0.25) is 5.91 Å². The molecule has 6 heteroatoms. The normalized spacial score (nSPS) is 10.2. The van der Waals surface area contributed by atoms with Crippen molar-refractivity contribution in [2.75, 3.05) is 5.32 Å². The second-order valence-electron chi connectivity index (χ2n) is 4.98. The van der Waals surface area contributed by atoms with E-state index >= 15 is 0 Å². The van der Waals surface area contributed by atoms with Crippen LogP contribution in [0, 0.1) is 6.92 Å². The Labute approximate surface area is 138 Å². The van der Waals surface area contributed by atoms with Crippen LogP contribution >= 0.6 is 11.6 Å². The number of benzene rings is 2. The summed E-state index contributed by atoms with van der Waals surface area (Å²) in [6, 6.07) is 12.3. The lowest BCUT2D eigenvalue weighted by Crippen LogP contribution is -2.24. The number of nitrogens with one attached hydrogen (secondary N) is 1. The molecule has 0 aliphatic rings. The Hall–Kier alpha value is -2.53. The van der Waals surface area contributed by atoms with Gasteiger partial charge < -0.3 is 20.0 Å². The number of hydrogen-bond acceptors (Lipinski definition) is 4. The molecule has 0 aliphatic heterocycles. The second-order valence-corrected chi connectivity index (χ2v) is 5.39. The van der Waals surface area contributed by atoms with E-state index in [4.69, 9.17) is 16.3 Å². The Bertz CT molecular complexity index is 713. The molecule has 0 aliphatic carbocycles. The van der Waals surface area contributed by atoms with Gasteiger partial charge in [-0.3, -0.25) is 4.79 Å². The molecule has 0 fully saturated rings. The van der Waals surface area contributed by atoms with Crippen LogP contribution in [0.5, 0.6) is 11.5 Å². The van der Waals surface area contributed by atoms with Gasteiger partial charge in [-0.15, -0.1) is 0 Å². The summed E-state index contributed by atoms with van der Waals surface area (Å²) in [5.41, 5.74) is 1.59. The fourth-order valence-electron chi connectivity index (χ4n) is 1.83. The van der Waals surface area contributed by atoms with Gasteiger partial charge in [0.05, 0.1) is 5.02 Å². The van der Waals surface area contributed by atoms with Gasteiger partial charge in [-0.25, -0.2) is 0 Å². The minimum absolute atomic E-state index is 0.151. The lowest BCUT2D eigenvalue weighted by Gasteiger charge is -2.10. The maximum absolute atomic E-state index is 11.6. The van der Waals surface area contributed by atoms with E-state index in [0.717, 1.165) is 5.56 Å². The van der Waals surface area contributed by atoms with E-state index in [2.05, 4.69) is 5.32 Å². The molecule has 0 saturated heterocycles. The quantitative estimate of drug-likeness (QED) is 0.882. The van der Waals surface area contributed by atoms with Gasteiger partial charge >= 0.3 is 0 Å². The number of carboxylic acids is 1. The van der Waals surface area contributed by atoms with Crippen LogP contribution in [0.2, 0.25) is 5.02 Å². The van der Waals surface area contributed by atoms with Crippen molar-refractivity contribution in [1.82, 2.24) is 0 Å². The topological polar surface area (TPSA) is 78.5 Å². The number of carbonyl (C=O) groups is 2. The van der Waals surface area contributed by atoms with Crippen LogP contribution in [-0.2, 0) is 9.59 Å². The highest BCUT2D eigenvalue weighted by molar-refractivity contribution is 6.32. The van der Waals surface area contributed by atoms with E-state index in [1.54, 1.807) is 18.2 Å². The van der Waals surface area contributed by atoms with Crippen molar-refractivity contribution >= 4 is 29.2 Å². The summed E-state index contributed by atoms with van der Waals surface area (Å²) >= 11 is 6.14. The maximum Gasteiger partial charge on any atom is 0.224 e. The summed E-state index contributed by atoms with van der Waals surface area (Å²) in [5.74, 6) is -0.566. The first-order valence-electron chi connectivity index (χ1n) is 6.98. The zero-order chi connectivity index (χ0) is 16.8. The zero-order valence-corrected chi connectivity index (χ0v) is 13.2. The van der Waals surface area contributed by atoms with Crippen LogP contribution in [-0.4, -0.2) is 11.9 Å². The number of hydrogen-bond donors (Lipinski definition) is 1. The molecule has 0 heterocycles. The summed E-state index contributed by atoms with van der Waals surface area (Å²) in [7, 11) is 0. The Balaban J connectivity index is 2.01. The molecule has 0 unspecified atom stereocenters. The molecule has 0 radical (unpaired) electrons. The highest BCUT2D eigenvalue weighted by atomic mass is 35.5. The Morgan fingerprint density at radius 1 is 1.13 bits per heavy atom. The first kappa shape index (κ1) is 16.8. The van der Waals surface area contributed by atoms with E-state index in [9.17, 15) is 14.7 Å². The molecule has 0 aromatic heterocycles. The molecule has 120 valence electrons. The van der Waals surface area contributed by atoms with Crippen molar-refractivity contribution < 1.29 is 19.4 Å². The summed E-state index contributed by atoms with van der Waals surface area (Å²) < 4.78 is 5.67. The third kappa shape index (κ3) is 5.30. The number of halogens is 1.